The summed E-state index contributed by atoms with van der Waals surface area (Å²) < 4.78 is 15.5. The standard InChI is InChI=1S/C21H20N4O4/c1-13-8-19(24-16-5-3-4-15(10-16)20(26)27-2)25-21(23-13)22-11-14-6-7-17-18(9-14)29-12-28-17/h3-10H,11-12H2,1-2H3,(H2,22,23,24,25). The van der Waals surface area contributed by atoms with E-state index in [1.807, 2.05) is 37.3 Å². The molecule has 3 aromatic rings. The number of benzene rings is 2. The van der Waals surface area contributed by atoms with Crippen molar-refractivity contribution in [2.75, 3.05) is 24.5 Å². The van der Waals surface area contributed by atoms with Crippen LogP contribution in [0, 0.1) is 6.92 Å². The summed E-state index contributed by atoms with van der Waals surface area (Å²) in [5, 5.41) is 6.43. The Balaban J connectivity index is 1.47. The lowest BCUT2D eigenvalue weighted by Crippen LogP contribution is -2.07. The molecule has 29 heavy (non-hydrogen) atoms. The SMILES string of the molecule is COC(=O)c1cccc(Nc2cc(C)nc(NCc3ccc4c(c3)OCO4)n2)c1. The Morgan fingerprint density at radius 2 is 1.97 bits per heavy atom. The molecule has 0 saturated heterocycles. The normalized spacial score (nSPS) is 11.8. The molecule has 8 heteroatoms. The minimum absolute atomic E-state index is 0.249. The van der Waals surface area contributed by atoms with E-state index in [4.69, 9.17) is 14.2 Å². The van der Waals surface area contributed by atoms with Crippen LogP contribution in [0.25, 0.3) is 0 Å². The Morgan fingerprint density at radius 3 is 2.83 bits per heavy atom. The third-order valence-corrected chi connectivity index (χ3v) is 4.30. The summed E-state index contributed by atoms with van der Waals surface area (Å²) in [7, 11) is 1.36. The summed E-state index contributed by atoms with van der Waals surface area (Å²) in [6, 6.07) is 14.7. The van der Waals surface area contributed by atoms with Crippen molar-refractivity contribution >= 4 is 23.4 Å². The maximum absolute atomic E-state index is 11.7. The van der Waals surface area contributed by atoms with Crippen molar-refractivity contribution in [3.05, 3.63) is 65.4 Å². The van der Waals surface area contributed by atoms with E-state index in [1.54, 1.807) is 18.2 Å². The number of nitrogens with zero attached hydrogens (tertiary/aromatic N) is 2. The maximum Gasteiger partial charge on any atom is 0.337 e. The molecule has 0 atom stereocenters. The second kappa shape index (κ2) is 8.05. The van der Waals surface area contributed by atoms with E-state index in [1.165, 1.54) is 7.11 Å². The van der Waals surface area contributed by atoms with Gasteiger partial charge in [-0.25, -0.2) is 9.78 Å². The molecule has 0 saturated carbocycles. The minimum Gasteiger partial charge on any atom is -0.465 e. The third-order valence-electron chi connectivity index (χ3n) is 4.30. The van der Waals surface area contributed by atoms with Gasteiger partial charge in [0.25, 0.3) is 0 Å². The number of nitrogens with one attached hydrogen (secondary N) is 2. The van der Waals surface area contributed by atoms with Gasteiger partial charge < -0.3 is 24.8 Å². The van der Waals surface area contributed by atoms with Gasteiger partial charge in [-0.3, -0.25) is 0 Å². The van der Waals surface area contributed by atoms with Gasteiger partial charge in [0.05, 0.1) is 12.7 Å². The highest BCUT2D eigenvalue weighted by atomic mass is 16.7. The number of aromatic nitrogens is 2. The van der Waals surface area contributed by atoms with Gasteiger partial charge in [0.2, 0.25) is 12.7 Å². The van der Waals surface area contributed by atoms with Crippen LogP contribution in [0.1, 0.15) is 21.6 Å². The summed E-state index contributed by atoms with van der Waals surface area (Å²) in [6.45, 7) is 2.68. The van der Waals surface area contributed by atoms with Crippen molar-refractivity contribution in [1.29, 1.82) is 0 Å². The fourth-order valence-electron chi connectivity index (χ4n) is 2.93. The van der Waals surface area contributed by atoms with Crippen LogP contribution in [0.4, 0.5) is 17.5 Å². The van der Waals surface area contributed by atoms with Gasteiger partial charge in [0, 0.05) is 24.0 Å². The van der Waals surface area contributed by atoms with Crippen LogP contribution in [0.15, 0.2) is 48.5 Å². The Bertz CT molecular complexity index is 1050. The van der Waals surface area contributed by atoms with Gasteiger partial charge in [-0.05, 0) is 42.8 Å². The van der Waals surface area contributed by atoms with Crippen molar-refractivity contribution in [3.8, 4) is 11.5 Å². The molecule has 0 aliphatic carbocycles. The smallest absolute Gasteiger partial charge is 0.337 e. The first-order chi connectivity index (χ1) is 14.1. The number of methoxy groups -OCH3 is 1. The lowest BCUT2D eigenvalue weighted by molar-refractivity contribution is 0.0601. The molecule has 4 rings (SSSR count). The first-order valence-corrected chi connectivity index (χ1v) is 9.04. The predicted octanol–water partition coefficient (Wildman–Crippen LogP) is 3.66. The van der Waals surface area contributed by atoms with E-state index in [0.717, 1.165) is 28.4 Å². The molecule has 0 spiro atoms. The second-order valence-electron chi connectivity index (χ2n) is 6.46. The van der Waals surface area contributed by atoms with E-state index in [-0.39, 0.29) is 6.79 Å². The van der Waals surface area contributed by atoms with Gasteiger partial charge >= 0.3 is 5.97 Å². The molecule has 2 heterocycles. The number of carbonyl (C=O) groups is 1. The molecule has 2 N–H and O–H groups in total. The van der Waals surface area contributed by atoms with Crippen LogP contribution < -0.4 is 20.1 Å². The number of aryl methyl sites for hydroxylation is 1. The molecule has 0 radical (unpaired) electrons. The molecular weight excluding hydrogens is 372 g/mol. The maximum atomic E-state index is 11.7. The van der Waals surface area contributed by atoms with Crippen molar-refractivity contribution in [1.82, 2.24) is 9.97 Å². The molecule has 1 aliphatic heterocycles. The largest absolute Gasteiger partial charge is 0.465 e. The number of carbonyl (C=O) groups excluding carboxylic acids is 1. The van der Waals surface area contributed by atoms with E-state index in [0.29, 0.717) is 23.9 Å². The Hall–Kier alpha value is -3.81. The highest BCUT2D eigenvalue weighted by Gasteiger charge is 2.13. The number of hydrogen-bond acceptors (Lipinski definition) is 8. The van der Waals surface area contributed by atoms with E-state index < -0.39 is 5.97 Å². The van der Waals surface area contributed by atoms with Crippen LogP contribution in [-0.4, -0.2) is 29.8 Å². The van der Waals surface area contributed by atoms with Gasteiger partial charge in [0.15, 0.2) is 11.5 Å². The van der Waals surface area contributed by atoms with Gasteiger partial charge in [-0.15, -0.1) is 0 Å². The van der Waals surface area contributed by atoms with Crippen LogP contribution in [0.3, 0.4) is 0 Å². The van der Waals surface area contributed by atoms with Crippen molar-refractivity contribution in [3.63, 3.8) is 0 Å². The molecule has 0 fully saturated rings. The molecule has 0 bridgehead atoms. The number of esters is 1. The molecule has 0 amide bonds. The van der Waals surface area contributed by atoms with Gasteiger partial charge in [-0.2, -0.15) is 4.98 Å². The Morgan fingerprint density at radius 1 is 1.10 bits per heavy atom. The second-order valence-corrected chi connectivity index (χ2v) is 6.46. The van der Waals surface area contributed by atoms with Crippen LogP contribution in [0.2, 0.25) is 0 Å². The summed E-state index contributed by atoms with van der Waals surface area (Å²) in [4.78, 5) is 20.6. The first kappa shape index (κ1) is 18.5. The van der Waals surface area contributed by atoms with Crippen LogP contribution >= 0.6 is 0 Å². The molecule has 148 valence electrons. The van der Waals surface area contributed by atoms with Gasteiger partial charge in [-0.1, -0.05) is 12.1 Å². The topological polar surface area (TPSA) is 94.6 Å². The van der Waals surface area contributed by atoms with Crippen LogP contribution in [-0.2, 0) is 11.3 Å². The van der Waals surface area contributed by atoms with E-state index >= 15 is 0 Å². The number of rotatable bonds is 6. The lowest BCUT2D eigenvalue weighted by Gasteiger charge is -2.11. The fraction of sp³-hybridized carbons (Fsp3) is 0.190. The summed E-state index contributed by atoms with van der Waals surface area (Å²) in [6.07, 6.45) is 0. The Kier molecular flexibility index (Phi) is 5.15. The predicted molar refractivity (Wildman–Crippen MR) is 108 cm³/mol. The fourth-order valence-corrected chi connectivity index (χ4v) is 2.93. The number of hydrogen-bond donors (Lipinski definition) is 2. The lowest BCUT2D eigenvalue weighted by atomic mass is 10.2. The van der Waals surface area contributed by atoms with Crippen molar-refractivity contribution in [2.24, 2.45) is 0 Å². The molecule has 8 nitrogen and oxygen atoms in total. The Labute approximate surface area is 167 Å². The molecular formula is C21H20N4O4. The number of fused-ring (bicyclic) bond motifs is 1. The average Bonchev–Trinajstić information content (AvgIpc) is 3.19. The molecule has 1 aliphatic rings. The van der Waals surface area contributed by atoms with Crippen molar-refractivity contribution < 1.29 is 19.0 Å². The third kappa shape index (κ3) is 4.37. The van der Waals surface area contributed by atoms with E-state index in [2.05, 4.69) is 20.6 Å². The van der Waals surface area contributed by atoms with Crippen LogP contribution in [0.5, 0.6) is 11.5 Å². The minimum atomic E-state index is -0.390. The quantitative estimate of drug-likeness (QED) is 0.614. The van der Waals surface area contributed by atoms with Gasteiger partial charge in [0.1, 0.15) is 5.82 Å². The monoisotopic (exact) mass is 392 g/mol. The summed E-state index contributed by atoms with van der Waals surface area (Å²) in [5.41, 5.74) is 3.02. The number of ether oxygens (including phenoxy) is 3. The highest BCUT2D eigenvalue weighted by Crippen LogP contribution is 2.32. The number of anilines is 3. The molecule has 2 aromatic carbocycles. The van der Waals surface area contributed by atoms with E-state index in [9.17, 15) is 4.79 Å². The zero-order valence-electron chi connectivity index (χ0n) is 16.1. The summed E-state index contributed by atoms with van der Waals surface area (Å²) >= 11 is 0. The zero-order chi connectivity index (χ0) is 20.2. The summed E-state index contributed by atoms with van der Waals surface area (Å²) in [5.74, 6) is 2.21. The first-order valence-electron chi connectivity index (χ1n) is 9.04. The molecule has 1 aromatic heterocycles. The highest BCUT2D eigenvalue weighted by molar-refractivity contribution is 5.90. The zero-order valence-corrected chi connectivity index (χ0v) is 16.1. The van der Waals surface area contributed by atoms with Crippen molar-refractivity contribution in [2.45, 2.75) is 13.5 Å². The molecule has 0 unspecified atom stereocenters. The average molecular weight is 392 g/mol.